The van der Waals surface area contributed by atoms with E-state index in [4.69, 9.17) is 0 Å². The van der Waals surface area contributed by atoms with Crippen LogP contribution in [0.4, 0.5) is 0 Å². The Morgan fingerprint density at radius 1 is 1.38 bits per heavy atom. The van der Waals surface area contributed by atoms with Crippen molar-refractivity contribution in [3.8, 4) is 0 Å². The van der Waals surface area contributed by atoms with Crippen LogP contribution in [-0.2, 0) is 0 Å². The molecule has 72 valence electrons. The first-order chi connectivity index (χ1) is 6.25. The molecule has 0 aromatic carbocycles. The van der Waals surface area contributed by atoms with Crippen LogP contribution < -0.4 is 5.32 Å². The Morgan fingerprint density at radius 2 is 2.15 bits per heavy atom. The summed E-state index contributed by atoms with van der Waals surface area (Å²) in [4.78, 5) is 8.36. The number of nitrogens with zero attached hydrogens (tertiary/aromatic N) is 2. The van der Waals surface area contributed by atoms with Gasteiger partial charge in [0.2, 0.25) is 0 Å². The topological polar surface area (TPSA) is 37.8 Å². The third-order valence-corrected chi connectivity index (χ3v) is 1.99. The van der Waals surface area contributed by atoms with E-state index in [1.807, 2.05) is 6.20 Å². The van der Waals surface area contributed by atoms with Crippen LogP contribution in [0.5, 0.6) is 0 Å². The summed E-state index contributed by atoms with van der Waals surface area (Å²) in [6, 6.07) is 0.318. The molecular weight excluding hydrogens is 162 g/mol. The Hall–Kier alpha value is -0.960. The molecule has 13 heavy (non-hydrogen) atoms. The Morgan fingerprint density at radius 3 is 2.62 bits per heavy atom. The molecule has 1 N–H and O–H groups in total. The van der Waals surface area contributed by atoms with Crippen LogP contribution in [0.15, 0.2) is 18.6 Å². The van der Waals surface area contributed by atoms with Gasteiger partial charge in [0.05, 0.1) is 11.7 Å². The standard InChI is InChI=1S/C10H17N3/c1-4-12-10(8(2)3)9-7-11-5-6-13-9/h5-8,10,12H,4H2,1-3H3. The number of hydrogen-bond acceptors (Lipinski definition) is 3. The lowest BCUT2D eigenvalue weighted by atomic mass is 10.0. The van der Waals surface area contributed by atoms with E-state index in [1.165, 1.54) is 0 Å². The summed E-state index contributed by atoms with van der Waals surface area (Å²) in [5.41, 5.74) is 1.03. The van der Waals surface area contributed by atoms with E-state index in [0.29, 0.717) is 12.0 Å². The summed E-state index contributed by atoms with van der Waals surface area (Å²) < 4.78 is 0. The maximum atomic E-state index is 4.29. The van der Waals surface area contributed by atoms with Crippen molar-refractivity contribution in [3.63, 3.8) is 0 Å². The van der Waals surface area contributed by atoms with Gasteiger partial charge in [-0.05, 0) is 12.5 Å². The molecule has 3 heteroatoms. The summed E-state index contributed by atoms with van der Waals surface area (Å²) in [5, 5.41) is 3.40. The fourth-order valence-electron chi connectivity index (χ4n) is 1.37. The molecular formula is C10H17N3. The molecule has 1 rings (SSSR count). The minimum atomic E-state index is 0.318. The molecule has 0 radical (unpaired) electrons. The molecule has 1 atom stereocenters. The molecule has 1 aromatic heterocycles. The van der Waals surface area contributed by atoms with Crippen molar-refractivity contribution in [1.82, 2.24) is 15.3 Å². The van der Waals surface area contributed by atoms with Gasteiger partial charge in [-0.2, -0.15) is 0 Å². The third kappa shape index (κ3) is 2.77. The third-order valence-electron chi connectivity index (χ3n) is 1.99. The Bertz CT molecular complexity index is 233. The summed E-state index contributed by atoms with van der Waals surface area (Å²) >= 11 is 0. The zero-order valence-electron chi connectivity index (χ0n) is 8.49. The first-order valence-corrected chi connectivity index (χ1v) is 4.75. The second-order valence-corrected chi connectivity index (χ2v) is 3.41. The first-order valence-electron chi connectivity index (χ1n) is 4.75. The van der Waals surface area contributed by atoms with E-state index in [1.54, 1.807) is 12.4 Å². The van der Waals surface area contributed by atoms with Crippen LogP contribution in [0.3, 0.4) is 0 Å². The van der Waals surface area contributed by atoms with E-state index in [2.05, 4.69) is 36.1 Å². The van der Waals surface area contributed by atoms with Gasteiger partial charge in [-0.25, -0.2) is 0 Å². The van der Waals surface area contributed by atoms with Crippen molar-refractivity contribution >= 4 is 0 Å². The van der Waals surface area contributed by atoms with E-state index >= 15 is 0 Å². The van der Waals surface area contributed by atoms with Crippen molar-refractivity contribution < 1.29 is 0 Å². The Kier molecular flexibility index (Phi) is 3.83. The number of hydrogen-bond donors (Lipinski definition) is 1. The molecule has 0 saturated carbocycles. The summed E-state index contributed by atoms with van der Waals surface area (Å²) in [6.45, 7) is 7.43. The Labute approximate surface area is 79.6 Å². The lowest BCUT2D eigenvalue weighted by Gasteiger charge is -2.20. The predicted octanol–water partition coefficient (Wildman–Crippen LogP) is 1.78. The largest absolute Gasteiger partial charge is 0.309 e. The molecule has 0 fully saturated rings. The zero-order chi connectivity index (χ0) is 9.68. The maximum Gasteiger partial charge on any atom is 0.0758 e. The molecule has 1 heterocycles. The minimum absolute atomic E-state index is 0.318. The fraction of sp³-hybridized carbons (Fsp3) is 0.600. The summed E-state index contributed by atoms with van der Waals surface area (Å²) in [5.74, 6) is 0.539. The second-order valence-electron chi connectivity index (χ2n) is 3.41. The number of aromatic nitrogens is 2. The second kappa shape index (κ2) is 4.92. The number of nitrogens with one attached hydrogen (secondary N) is 1. The fourth-order valence-corrected chi connectivity index (χ4v) is 1.37. The van der Waals surface area contributed by atoms with Crippen LogP contribution >= 0.6 is 0 Å². The van der Waals surface area contributed by atoms with E-state index in [9.17, 15) is 0 Å². The predicted molar refractivity (Wildman–Crippen MR) is 53.3 cm³/mol. The van der Waals surface area contributed by atoms with Crippen molar-refractivity contribution in [2.45, 2.75) is 26.8 Å². The van der Waals surface area contributed by atoms with Crippen LogP contribution in [0, 0.1) is 5.92 Å². The molecule has 0 bridgehead atoms. The monoisotopic (exact) mass is 179 g/mol. The molecule has 1 unspecified atom stereocenters. The maximum absolute atomic E-state index is 4.29. The highest BCUT2D eigenvalue weighted by atomic mass is 14.9. The summed E-state index contributed by atoms with van der Waals surface area (Å²) in [6.07, 6.45) is 5.27. The first kappa shape index (κ1) is 10.1. The SMILES string of the molecule is CCNC(c1cnccn1)C(C)C. The van der Waals surface area contributed by atoms with Gasteiger partial charge < -0.3 is 5.32 Å². The highest BCUT2D eigenvalue weighted by molar-refractivity contribution is 5.03. The average Bonchev–Trinajstić information content (AvgIpc) is 2.15. The van der Waals surface area contributed by atoms with Gasteiger partial charge in [0.15, 0.2) is 0 Å². The van der Waals surface area contributed by atoms with Gasteiger partial charge in [-0.1, -0.05) is 20.8 Å². The lowest BCUT2D eigenvalue weighted by Crippen LogP contribution is -2.26. The van der Waals surface area contributed by atoms with Gasteiger partial charge in [-0.15, -0.1) is 0 Å². The van der Waals surface area contributed by atoms with Gasteiger partial charge >= 0.3 is 0 Å². The lowest BCUT2D eigenvalue weighted by molar-refractivity contribution is 0.412. The highest BCUT2D eigenvalue weighted by Gasteiger charge is 2.15. The van der Waals surface area contributed by atoms with Gasteiger partial charge in [0.1, 0.15) is 0 Å². The molecule has 3 nitrogen and oxygen atoms in total. The van der Waals surface area contributed by atoms with Gasteiger partial charge in [0.25, 0.3) is 0 Å². The molecule has 0 amide bonds. The van der Waals surface area contributed by atoms with Crippen LogP contribution in [0.2, 0.25) is 0 Å². The van der Waals surface area contributed by atoms with Crippen molar-refractivity contribution in [1.29, 1.82) is 0 Å². The van der Waals surface area contributed by atoms with Crippen LogP contribution in [-0.4, -0.2) is 16.5 Å². The minimum Gasteiger partial charge on any atom is -0.309 e. The average molecular weight is 179 g/mol. The number of rotatable bonds is 4. The Balaban J connectivity index is 2.76. The van der Waals surface area contributed by atoms with Crippen LogP contribution in [0.1, 0.15) is 32.5 Å². The zero-order valence-corrected chi connectivity index (χ0v) is 8.49. The smallest absolute Gasteiger partial charge is 0.0758 e. The van der Waals surface area contributed by atoms with Crippen LogP contribution in [0.25, 0.3) is 0 Å². The molecule has 0 saturated heterocycles. The van der Waals surface area contributed by atoms with Gasteiger partial charge in [0, 0.05) is 18.6 Å². The normalized spacial score (nSPS) is 13.2. The van der Waals surface area contributed by atoms with Crippen molar-refractivity contribution in [2.24, 2.45) is 5.92 Å². The molecule has 0 aliphatic rings. The van der Waals surface area contributed by atoms with Gasteiger partial charge in [-0.3, -0.25) is 9.97 Å². The molecule has 0 aliphatic carbocycles. The molecule has 0 spiro atoms. The molecule has 0 aliphatic heterocycles. The quantitative estimate of drug-likeness (QED) is 0.765. The summed E-state index contributed by atoms with van der Waals surface area (Å²) in [7, 11) is 0. The van der Waals surface area contributed by atoms with E-state index < -0.39 is 0 Å². The highest BCUT2D eigenvalue weighted by Crippen LogP contribution is 2.17. The molecule has 1 aromatic rings. The van der Waals surface area contributed by atoms with Crippen molar-refractivity contribution in [3.05, 3.63) is 24.3 Å². The van der Waals surface area contributed by atoms with Crippen molar-refractivity contribution in [2.75, 3.05) is 6.54 Å². The van der Waals surface area contributed by atoms with E-state index in [-0.39, 0.29) is 0 Å². The van der Waals surface area contributed by atoms with E-state index in [0.717, 1.165) is 12.2 Å².